The lowest BCUT2D eigenvalue weighted by atomic mass is 10.1. The van der Waals surface area contributed by atoms with Gasteiger partial charge in [0.15, 0.2) is 0 Å². The van der Waals surface area contributed by atoms with Crippen molar-refractivity contribution < 1.29 is 8.42 Å². The Morgan fingerprint density at radius 3 is 2.31 bits per heavy atom. The van der Waals surface area contributed by atoms with Gasteiger partial charge in [-0.15, -0.1) is 0 Å². The van der Waals surface area contributed by atoms with Crippen LogP contribution in [0.5, 0.6) is 0 Å². The van der Waals surface area contributed by atoms with Gasteiger partial charge in [0.2, 0.25) is 10.0 Å². The number of nitrogens with one attached hydrogen (secondary N) is 1. The standard InChI is InChI=1S/C20H25ClN2O2S/c1-16(2)23(3)15-19-7-5-4-6-18(19)14-22-26(24,25)13-12-17-8-10-20(21)11-9-17/h4-13,16,22H,14-15H2,1-3H3/b13-12+. The predicted octanol–water partition coefficient (Wildman–Crippen LogP) is 4.27. The lowest BCUT2D eigenvalue weighted by molar-refractivity contribution is 0.265. The van der Waals surface area contributed by atoms with Crippen LogP contribution in [-0.2, 0) is 23.1 Å². The van der Waals surface area contributed by atoms with Gasteiger partial charge >= 0.3 is 0 Å². The van der Waals surface area contributed by atoms with E-state index in [2.05, 4.69) is 30.5 Å². The fourth-order valence-electron chi connectivity index (χ4n) is 2.30. The Hall–Kier alpha value is -1.66. The Morgan fingerprint density at radius 2 is 1.69 bits per heavy atom. The van der Waals surface area contributed by atoms with Crippen molar-refractivity contribution in [2.75, 3.05) is 7.05 Å². The van der Waals surface area contributed by atoms with Crippen LogP contribution in [0.3, 0.4) is 0 Å². The van der Waals surface area contributed by atoms with E-state index in [0.29, 0.717) is 11.1 Å². The van der Waals surface area contributed by atoms with Gasteiger partial charge in [-0.1, -0.05) is 48.0 Å². The molecule has 0 aromatic heterocycles. The van der Waals surface area contributed by atoms with Gasteiger partial charge in [0.1, 0.15) is 0 Å². The van der Waals surface area contributed by atoms with Gasteiger partial charge in [0, 0.05) is 29.6 Å². The van der Waals surface area contributed by atoms with Crippen molar-refractivity contribution in [1.29, 1.82) is 0 Å². The second-order valence-electron chi connectivity index (χ2n) is 6.50. The molecule has 1 N–H and O–H groups in total. The number of hydrogen-bond donors (Lipinski definition) is 1. The first kappa shape index (κ1) is 20.6. The van der Waals surface area contributed by atoms with Gasteiger partial charge in [-0.2, -0.15) is 0 Å². The first-order valence-corrected chi connectivity index (χ1v) is 10.4. The molecule has 0 radical (unpaired) electrons. The molecule has 0 fully saturated rings. The molecule has 0 atom stereocenters. The first-order valence-electron chi connectivity index (χ1n) is 8.47. The third-order valence-corrected chi connectivity index (χ3v) is 5.49. The minimum atomic E-state index is -3.53. The fourth-order valence-corrected chi connectivity index (χ4v) is 3.22. The summed E-state index contributed by atoms with van der Waals surface area (Å²) in [6.45, 7) is 5.30. The summed E-state index contributed by atoms with van der Waals surface area (Å²) in [5, 5.41) is 1.80. The van der Waals surface area contributed by atoms with E-state index in [9.17, 15) is 8.42 Å². The molecular weight excluding hydrogens is 368 g/mol. The van der Waals surface area contributed by atoms with E-state index in [1.54, 1.807) is 30.3 Å². The van der Waals surface area contributed by atoms with E-state index in [0.717, 1.165) is 23.2 Å². The molecule has 0 unspecified atom stereocenters. The monoisotopic (exact) mass is 392 g/mol. The topological polar surface area (TPSA) is 49.4 Å². The molecule has 2 aromatic rings. The Kier molecular flexibility index (Phi) is 7.41. The summed E-state index contributed by atoms with van der Waals surface area (Å²) in [4.78, 5) is 2.22. The molecule has 0 aliphatic carbocycles. The SMILES string of the molecule is CC(C)N(C)Cc1ccccc1CNS(=O)(=O)/C=C/c1ccc(Cl)cc1. The van der Waals surface area contributed by atoms with Crippen molar-refractivity contribution in [3.63, 3.8) is 0 Å². The summed E-state index contributed by atoms with van der Waals surface area (Å²) in [6, 6.07) is 15.3. The molecule has 2 rings (SSSR count). The maximum absolute atomic E-state index is 12.3. The molecular formula is C20H25ClN2O2S. The fraction of sp³-hybridized carbons (Fsp3) is 0.300. The third-order valence-electron chi connectivity index (χ3n) is 4.19. The van der Waals surface area contributed by atoms with Crippen LogP contribution in [-0.4, -0.2) is 26.4 Å². The number of rotatable bonds is 8. The molecule has 4 nitrogen and oxygen atoms in total. The molecule has 0 aliphatic heterocycles. The summed E-state index contributed by atoms with van der Waals surface area (Å²) >= 11 is 5.83. The van der Waals surface area contributed by atoms with E-state index >= 15 is 0 Å². The molecule has 2 aromatic carbocycles. The third kappa shape index (κ3) is 6.57. The van der Waals surface area contributed by atoms with E-state index in [1.807, 2.05) is 24.3 Å². The van der Waals surface area contributed by atoms with Crippen molar-refractivity contribution in [3.8, 4) is 0 Å². The van der Waals surface area contributed by atoms with Crippen LogP contribution in [0, 0.1) is 0 Å². The number of benzene rings is 2. The molecule has 0 amide bonds. The minimum absolute atomic E-state index is 0.259. The average Bonchev–Trinajstić information content (AvgIpc) is 2.60. The number of hydrogen-bond acceptors (Lipinski definition) is 3. The first-order chi connectivity index (χ1) is 12.3. The highest BCUT2D eigenvalue weighted by atomic mass is 35.5. The van der Waals surface area contributed by atoms with Gasteiger partial charge < -0.3 is 0 Å². The molecule has 0 bridgehead atoms. The molecule has 0 heterocycles. The molecule has 0 saturated heterocycles. The van der Waals surface area contributed by atoms with Crippen LogP contribution in [0.4, 0.5) is 0 Å². The highest BCUT2D eigenvalue weighted by Crippen LogP contribution is 2.14. The molecule has 0 spiro atoms. The van der Waals surface area contributed by atoms with Crippen LogP contribution < -0.4 is 4.72 Å². The molecule has 6 heteroatoms. The lowest BCUT2D eigenvalue weighted by Gasteiger charge is -2.22. The van der Waals surface area contributed by atoms with Gasteiger partial charge in [-0.3, -0.25) is 4.90 Å². The maximum atomic E-state index is 12.3. The van der Waals surface area contributed by atoms with Crippen LogP contribution in [0.2, 0.25) is 5.02 Å². The highest BCUT2D eigenvalue weighted by Gasteiger charge is 2.10. The summed E-state index contributed by atoms with van der Waals surface area (Å²) in [5.74, 6) is 0. The second kappa shape index (κ2) is 9.33. The van der Waals surface area contributed by atoms with Gasteiger partial charge in [-0.05, 0) is 55.8 Å². The molecule has 0 aliphatic rings. The zero-order valence-electron chi connectivity index (χ0n) is 15.3. The summed E-state index contributed by atoms with van der Waals surface area (Å²) in [5.41, 5.74) is 2.87. The smallest absolute Gasteiger partial charge is 0.234 e. The molecule has 140 valence electrons. The van der Waals surface area contributed by atoms with Crippen LogP contribution in [0.25, 0.3) is 6.08 Å². The van der Waals surface area contributed by atoms with Crippen LogP contribution in [0.1, 0.15) is 30.5 Å². The van der Waals surface area contributed by atoms with E-state index in [4.69, 9.17) is 11.6 Å². The Labute approximate surface area is 161 Å². The van der Waals surface area contributed by atoms with E-state index in [1.165, 1.54) is 5.41 Å². The Balaban J connectivity index is 2.04. The Bertz CT molecular complexity index is 846. The van der Waals surface area contributed by atoms with Gasteiger partial charge in [0.25, 0.3) is 0 Å². The van der Waals surface area contributed by atoms with Crippen molar-refractivity contribution in [1.82, 2.24) is 9.62 Å². The lowest BCUT2D eigenvalue weighted by Crippen LogP contribution is -2.27. The van der Waals surface area contributed by atoms with Crippen molar-refractivity contribution in [2.45, 2.75) is 33.0 Å². The normalized spacial score (nSPS) is 12.4. The average molecular weight is 393 g/mol. The zero-order chi connectivity index (χ0) is 19.2. The van der Waals surface area contributed by atoms with Crippen LogP contribution in [0.15, 0.2) is 53.9 Å². The predicted molar refractivity (Wildman–Crippen MR) is 109 cm³/mol. The van der Waals surface area contributed by atoms with Crippen LogP contribution >= 0.6 is 11.6 Å². The largest absolute Gasteiger partial charge is 0.300 e. The van der Waals surface area contributed by atoms with Crippen molar-refractivity contribution in [3.05, 3.63) is 75.7 Å². The van der Waals surface area contributed by atoms with Gasteiger partial charge in [0.05, 0.1) is 0 Å². The summed E-state index contributed by atoms with van der Waals surface area (Å²) in [6.07, 6.45) is 1.55. The number of nitrogens with zero attached hydrogens (tertiary/aromatic N) is 1. The van der Waals surface area contributed by atoms with Crippen molar-refractivity contribution >= 4 is 27.7 Å². The minimum Gasteiger partial charge on any atom is -0.300 e. The summed E-state index contributed by atoms with van der Waals surface area (Å²) in [7, 11) is -1.47. The van der Waals surface area contributed by atoms with Gasteiger partial charge in [-0.25, -0.2) is 13.1 Å². The zero-order valence-corrected chi connectivity index (χ0v) is 16.9. The van der Waals surface area contributed by atoms with Crippen molar-refractivity contribution in [2.24, 2.45) is 0 Å². The number of sulfonamides is 1. The Morgan fingerprint density at radius 1 is 1.08 bits per heavy atom. The highest BCUT2D eigenvalue weighted by molar-refractivity contribution is 7.92. The van der Waals surface area contributed by atoms with E-state index < -0.39 is 10.0 Å². The summed E-state index contributed by atoms with van der Waals surface area (Å²) < 4.78 is 27.1. The van der Waals surface area contributed by atoms with E-state index in [-0.39, 0.29) is 6.54 Å². The number of halogens is 1. The quantitative estimate of drug-likeness (QED) is 0.729. The molecule has 26 heavy (non-hydrogen) atoms. The second-order valence-corrected chi connectivity index (χ2v) is 8.59. The maximum Gasteiger partial charge on any atom is 0.234 e. The molecule has 0 saturated carbocycles.